The van der Waals surface area contributed by atoms with Gasteiger partial charge in [-0.2, -0.15) is 0 Å². The van der Waals surface area contributed by atoms with E-state index in [4.69, 9.17) is 16.3 Å². The summed E-state index contributed by atoms with van der Waals surface area (Å²) in [5.41, 5.74) is 3.72. The number of para-hydroxylation sites is 3. The summed E-state index contributed by atoms with van der Waals surface area (Å²) in [6, 6.07) is 22.9. The number of halogens is 1. The van der Waals surface area contributed by atoms with Crippen LogP contribution in [-0.2, 0) is 4.79 Å². The minimum Gasteiger partial charge on any atom is -0.491 e. The second-order valence-corrected chi connectivity index (χ2v) is 6.52. The average Bonchev–Trinajstić information content (AvgIpc) is 2.67. The molecule has 0 bridgehead atoms. The number of nitrogens with one attached hydrogen (secondary N) is 2. The van der Waals surface area contributed by atoms with Crippen LogP contribution in [0.4, 0.5) is 17.1 Å². The first-order valence-electron chi connectivity index (χ1n) is 8.72. The van der Waals surface area contributed by atoms with Gasteiger partial charge in [-0.15, -0.1) is 0 Å². The first-order chi connectivity index (χ1) is 13.1. The molecule has 3 aromatic carbocycles. The number of hydrogen-bond acceptors (Lipinski definition) is 3. The standard InChI is InChI=1S/C22H21ClN2O2/c1-16-10-12-17(13-11-16)24-19-7-3-4-8-20(19)25-22(26)14-15-27-21-9-5-2-6-18(21)23/h2-13,24H,14-15H2,1H3,(H,25,26). The largest absolute Gasteiger partial charge is 0.491 e. The van der Waals surface area contributed by atoms with Crippen molar-refractivity contribution in [3.63, 3.8) is 0 Å². The Kier molecular flexibility index (Phi) is 6.34. The molecule has 3 aromatic rings. The van der Waals surface area contributed by atoms with Gasteiger partial charge in [-0.1, -0.05) is 53.6 Å². The quantitative estimate of drug-likeness (QED) is 0.544. The molecule has 0 aliphatic heterocycles. The molecule has 0 aliphatic carbocycles. The average molecular weight is 381 g/mol. The van der Waals surface area contributed by atoms with Gasteiger partial charge in [0.05, 0.1) is 29.4 Å². The van der Waals surface area contributed by atoms with E-state index in [9.17, 15) is 4.79 Å². The number of carbonyl (C=O) groups is 1. The molecule has 138 valence electrons. The maximum Gasteiger partial charge on any atom is 0.227 e. The summed E-state index contributed by atoms with van der Waals surface area (Å²) in [6.45, 7) is 2.30. The van der Waals surface area contributed by atoms with Crippen LogP contribution in [0, 0.1) is 6.92 Å². The highest BCUT2D eigenvalue weighted by Crippen LogP contribution is 2.26. The molecule has 0 heterocycles. The van der Waals surface area contributed by atoms with Crippen LogP contribution in [0.1, 0.15) is 12.0 Å². The summed E-state index contributed by atoms with van der Waals surface area (Å²) >= 11 is 6.04. The lowest BCUT2D eigenvalue weighted by molar-refractivity contribution is -0.116. The number of amides is 1. The van der Waals surface area contributed by atoms with Crippen molar-refractivity contribution in [2.45, 2.75) is 13.3 Å². The van der Waals surface area contributed by atoms with Gasteiger partial charge in [0.1, 0.15) is 5.75 Å². The number of hydrogen-bond donors (Lipinski definition) is 2. The first-order valence-corrected chi connectivity index (χ1v) is 9.09. The maximum absolute atomic E-state index is 12.3. The highest BCUT2D eigenvalue weighted by atomic mass is 35.5. The Hall–Kier alpha value is -2.98. The van der Waals surface area contributed by atoms with E-state index in [1.54, 1.807) is 12.1 Å². The summed E-state index contributed by atoms with van der Waals surface area (Å²) in [4.78, 5) is 12.3. The minimum atomic E-state index is -0.125. The molecule has 0 unspecified atom stereocenters. The Morgan fingerprint density at radius 2 is 1.59 bits per heavy atom. The molecule has 0 radical (unpaired) electrons. The number of rotatable bonds is 7. The van der Waals surface area contributed by atoms with Crippen LogP contribution in [-0.4, -0.2) is 12.5 Å². The number of benzene rings is 3. The molecule has 4 nitrogen and oxygen atoms in total. The summed E-state index contributed by atoms with van der Waals surface area (Å²) in [6.07, 6.45) is 0.226. The molecule has 0 aromatic heterocycles. The third kappa shape index (κ3) is 5.50. The third-order valence-corrected chi connectivity index (χ3v) is 4.27. The van der Waals surface area contributed by atoms with Crippen molar-refractivity contribution in [2.24, 2.45) is 0 Å². The normalized spacial score (nSPS) is 10.3. The van der Waals surface area contributed by atoms with Gasteiger partial charge in [0.15, 0.2) is 0 Å². The van der Waals surface area contributed by atoms with Gasteiger partial charge in [0, 0.05) is 5.69 Å². The highest BCUT2D eigenvalue weighted by Gasteiger charge is 2.08. The van der Waals surface area contributed by atoms with Crippen LogP contribution in [0.25, 0.3) is 0 Å². The van der Waals surface area contributed by atoms with Gasteiger partial charge in [0.2, 0.25) is 5.91 Å². The van der Waals surface area contributed by atoms with Gasteiger partial charge in [-0.05, 0) is 43.3 Å². The van der Waals surface area contributed by atoms with Crippen molar-refractivity contribution in [2.75, 3.05) is 17.2 Å². The number of ether oxygens (including phenoxy) is 1. The van der Waals surface area contributed by atoms with Crippen molar-refractivity contribution < 1.29 is 9.53 Å². The van der Waals surface area contributed by atoms with Crippen LogP contribution in [0.5, 0.6) is 5.75 Å². The molecule has 2 N–H and O–H groups in total. The lowest BCUT2D eigenvalue weighted by atomic mass is 10.2. The zero-order valence-electron chi connectivity index (χ0n) is 15.0. The van der Waals surface area contributed by atoms with Crippen molar-refractivity contribution >= 4 is 34.6 Å². The van der Waals surface area contributed by atoms with E-state index < -0.39 is 0 Å². The Bertz CT molecular complexity index is 910. The number of carbonyl (C=O) groups excluding carboxylic acids is 1. The van der Waals surface area contributed by atoms with E-state index in [1.807, 2.05) is 67.6 Å². The van der Waals surface area contributed by atoms with E-state index >= 15 is 0 Å². The number of anilines is 3. The topological polar surface area (TPSA) is 50.4 Å². The Labute approximate surface area is 164 Å². The SMILES string of the molecule is Cc1ccc(Nc2ccccc2NC(=O)CCOc2ccccc2Cl)cc1. The molecule has 0 saturated carbocycles. The van der Waals surface area contributed by atoms with Gasteiger partial charge in [0.25, 0.3) is 0 Å². The molecule has 0 aliphatic rings. The van der Waals surface area contributed by atoms with Gasteiger partial charge in [-0.25, -0.2) is 0 Å². The van der Waals surface area contributed by atoms with Crippen LogP contribution < -0.4 is 15.4 Å². The summed E-state index contributed by atoms with van der Waals surface area (Å²) in [5.74, 6) is 0.452. The molecular weight excluding hydrogens is 360 g/mol. The van der Waals surface area contributed by atoms with E-state index in [0.717, 1.165) is 17.1 Å². The Morgan fingerprint density at radius 3 is 2.33 bits per heavy atom. The summed E-state index contributed by atoms with van der Waals surface area (Å²) < 4.78 is 5.57. The predicted octanol–water partition coefficient (Wildman–Crippen LogP) is 5.80. The Balaban J connectivity index is 1.57. The fraction of sp³-hybridized carbons (Fsp3) is 0.136. The maximum atomic E-state index is 12.3. The molecule has 3 rings (SSSR count). The van der Waals surface area contributed by atoms with Gasteiger partial charge >= 0.3 is 0 Å². The fourth-order valence-electron chi connectivity index (χ4n) is 2.52. The summed E-state index contributed by atoms with van der Waals surface area (Å²) in [7, 11) is 0. The smallest absolute Gasteiger partial charge is 0.227 e. The van der Waals surface area contributed by atoms with E-state index in [2.05, 4.69) is 10.6 Å². The number of aryl methyl sites for hydroxylation is 1. The van der Waals surface area contributed by atoms with Crippen molar-refractivity contribution in [3.05, 3.63) is 83.4 Å². The van der Waals surface area contributed by atoms with Crippen LogP contribution in [0.3, 0.4) is 0 Å². The monoisotopic (exact) mass is 380 g/mol. The predicted molar refractivity (Wildman–Crippen MR) is 111 cm³/mol. The lowest BCUT2D eigenvalue weighted by Crippen LogP contribution is -2.16. The van der Waals surface area contributed by atoms with Gasteiger partial charge in [-0.3, -0.25) is 4.79 Å². The minimum absolute atomic E-state index is 0.125. The molecule has 27 heavy (non-hydrogen) atoms. The molecule has 0 fully saturated rings. The van der Waals surface area contributed by atoms with E-state index in [-0.39, 0.29) is 18.9 Å². The van der Waals surface area contributed by atoms with E-state index in [1.165, 1.54) is 5.56 Å². The van der Waals surface area contributed by atoms with Crippen molar-refractivity contribution in [3.8, 4) is 5.75 Å². The van der Waals surface area contributed by atoms with Gasteiger partial charge < -0.3 is 15.4 Å². The molecule has 0 atom stereocenters. The fourth-order valence-corrected chi connectivity index (χ4v) is 2.71. The van der Waals surface area contributed by atoms with Crippen LogP contribution in [0.2, 0.25) is 5.02 Å². The first kappa shape index (κ1) is 18.8. The van der Waals surface area contributed by atoms with Crippen molar-refractivity contribution in [1.82, 2.24) is 0 Å². The second kappa shape index (κ2) is 9.10. The second-order valence-electron chi connectivity index (χ2n) is 6.11. The molecule has 5 heteroatoms. The molecule has 1 amide bonds. The Morgan fingerprint density at radius 1 is 0.926 bits per heavy atom. The molecule has 0 saturated heterocycles. The highest BCUT2D eigenvalue weighted by molar-refractivity contribution is 6.32. The van der Waals surface area contributed by atoms with Crippen LogP contribution in [0.15, 0.2) is 72.8 Å². The van der Waals surface area contributed by atoms with E-state index in [0.29, 0.717) is 10.8 Å². The molecule has 0 spiro atoms. The third-order valence-electron chi connectivity index (χ3n) is 3.96. The van der Waals surface area contributed by atoms with Crippen LogP contribution >= 0.6 is 11.6 Å². The zero-order valence-corrected chi connectivity index (χ0v) is 15.8. The lowest BCUT2D eigenvalue weighted by Gasteiger charge is -2.13. The zero-order chi connectivity index (χ0) is 19.1. The summed E-state index contributed by atoms with van der Waals surface area (Å²) in [5, 5.41) is 6.79. The van der Waals surface area contributed by atoms with Crippen molar-refractivity contribution in [1.29, 1.82) is 0 Å². The molecular formula is C22H21ClN2O2.